The van der Waals surface area contributed by atoms with Crippen LogP contribution in [0, 0.1) is 124 Å². The van der Waals surface area contributed by atoms with Gasteiger partial charge in [-0.3, -0.25) is 0 Å². The van der Waals surface area contributed by atoms with E-state index in [0.29, 0.717) is 0 Å². The molecule has 14 N–H and O–H groups in total. The van der Waals surface area contributed by atoms with Gasteiger partial charge < -0.3 is 61.4 Å². The topological polar surface area (TPSA) is 266 Å². The first-order valence-corrected chi connectivity index (χ1v) is 19.7. The average Bonchev–Trinajstić information content (AvgIpc) is 3.31. The van der Waals surface area contributed by atoms with Crippen LogP contribution in [0.3, 0.4) is 0 Å². The summed E-state index contributed by atoms with van der Waals surface area (Å²) in [6.45, 7) is 13.7. The summed E-state index contributed by atoms with van der Waals surface area (Å²) < 4.78 is 58.3. The third kappa shape index (κ3) is 81.9. The molecule has 82 heavy (non-hydrogen) atoms. The molecule has 26 heteroatoms. The maximum absolute atomic E-state index is 7.00. The normalized spacial score (nSPS) is 7.17. The first-order chi connectivity index (χ1) is 29.7. The molecule has 0 unspecified atom stereocenters. The number of hydrogen-bond acceptors (Lipinski definition) is 8. The van der Waals surface area contributed by atoms with Gasteiger partial charge in [-0.05, 0) is 30.8 Å². The van der Waals surface area contributed by atoms with E-state index >= 15 is 0 Å². The minimum atomic E-state index is -2.22. The predicted molar refractivity (Wildman–Crippen MR) is 423 cm³/mol. The van der Waals surface area contributed by atoms with Crippen molar-refractivity contribution in [2.75, 3.05) is 56.9 Å². The monoisotopic (exact) mass is 2300 g/mol. The summed E-state index contributed by atoms with van der Waals surface area (Å²) in [5, 5.41) is 33.5. The molecule has 0 amide bonds. The summed E-state index contributed by atoms with van der Waals surface area (Å²) >= 11 is 0. The van der Waals surface area contributed by atoms with Gasteiger partial charge in [0.15, 0.2) is 0 Å². The van der Waals surface area contributed by atoms with Crippen molar-refractivity contribution in [3.63, 3.8) is 0 Å². The minimum absolute atomic E-state index is 0. The standard InChI is InChI=1S/2C17H22OSi.6CH4O.16CH4.4H2O.8H2S.4U/c2*1-17(2,3)19(18-4,15-11-7-5-8-12-15)16-13-9-6-10-14-16;6*1-2;;;;;;;;;;;;;;;;;;;;;;;;;;;;;;;;/h2*5-14H,1-4H3;6*2H,1H3;16*1H4;12*1H2;;;;/i;;4*2T;;;4*1D;;;;;;;;;;;;;;;;;;;;;;;;;;;;. The third-order valence-corrected chi connectivity index (χ3v) is 17.5. The zero-order chi connectivity index (χ0) is 50.7. The zero-order valence-electron chi connectivity index (χ0n) is 52.9. The fraction of sp³-hybridized carbons (Fsp3) is 0.571. The van der Waals surface area contributed by atoms with Crippen molar-refractivity contribution in [3.05, 3.63) is 121 Å². The van der Waals surface area contributed by atoms with Crippen molar-refractivity contribution in [1.29, 1.82) is 5.72 Å². The molecule has 0 aliphatic heterocycles. The maximum Gasteiger partial charge on any atom is 0.260 e. The summed E-state index contributed by atoms with van der Waals surface area (Å²) in [6.07, 6.45) is 0. The van der Waals surface area contributed by atoms with Gasteiger partial charge in [-0.15, -0.1) is 0 Å². The van der Waals surface area contributed by atoms with E-state index in [-0.39, 0.29) is 354 Å². The van der Waals surface area contributed by atoms with Gasteiger partial charge in [0.1, 0.15) is 0 Å². The van der Waals surface area contributed by atoms with Gasteiger partial charge in [-0.2, -0.15) is 108 Å². The fourth-order valence-electron chi connectivity index (χ4n) is 5.84. The Balaban J connectivity index is -0.0000000115. The third-order valence-electron chi connectivity index (χ3n) is 7.45. The minimum Gasteiger partial charge on any atom is -0.412 e. The molecule has 0 atom stereocenters. The molecule has 4 rings (SSSR count). The van der Waals surface area contributed by atoms with Crippen molar-refractivity contribution >= 4 is 145 Å². The first kappa shape index (κ1) is 185. The van der Waals surface area contributed by atoms with Crippen LogP contribution in [0.25, 0.3) is 0 Å². The van der Waals surface area contributed by atoms with Gasteiger partial charge >= 0.3 is 0 Å². The Bertz CT molecular complexity index is 1240. The van der Waals surface area contributed by atoms with E-state index in [1.165, 1.54) is 78.8 Å². The quantitative estimate of drug-likeness (QED) is 0.101. The summed E-state index contributed by atoms with van der Waals surface area (Å²) in [7, 11) is 11.4. The van der Waals surface area contributed by atoms with Crippen LogP contribution < -0.4 is 20.7 Å². The van der Waals surface area contributed by atoms with Gasteiger partial charge in [0, 0.05) is 187 Å². The molecule has 4 aromatic carbocycles. The molecule has 0 aliphatic rings. The van der Waals surface area contributed by atoms with E-state index in [1.807, 2.05) is 14.2 Å². The van der Waals surface area contributed by atoms with Gasteiger partial charge in [0.25, 0.3) is 16.6 Å². The van der Waals surface area contributed by atoms with E-state index in [4.69, 9.17) is 30.3 Å². The largest absolute Gasteiger partial charge is 0.412 e. The predicted octanol–water partition coefficient (Wildman–Crippen LogP) is 11.8. The Morgan fingerprint density at radius 2 is 0.402 bits per heavy atom. The number of hydrogen-bond donors (Lipinski definition) is 6. The Morgan fingerprint density at radius 3 is 0.463 bits per heavy atom. The van der Waals surface area contributed by atoms with Crippen molar-refractivity contribution in [2.24, 2.45) is 0 Å². The molecule has 12 nitrogen and oxygen atoms in total. The Morgan fingerprint density at radius 1 is 0.317 bits per heavy atom. The van der Waals surface area contributed by atoms with E-state index in [0.717, 1.165) is 14.2 Å². The van der Waals surface area contributed by atoms with Crippen molar-refractivity contribution in [1.82, 2.24) is 0 Å². The second-order valence-corrected chi connectivity index (χ2v) is 20.6. The zero-order valence-corrected chi connectivity index (χ0v) is 71.5. The van der Waals surface area contributed by atoms with Crippen molar-refractivity contribution in [2.45, 2.75) is 170 Å². The average molecular weight is 2300 g/mol. The molecule has 524 valence electrons. The Hall–Kier alpha value is 3.84. The summed E-state index contributed by atoms with van der Waals surface area (Å²) in [6, 6.07) is 42.7. The molecular weight excluding hydrogens is 2130 g/mol. The molecule has 0 bridgehead atoms. The van der Waals surface area contributed by atoms with E-state index in [1.54, 1.807) is 0 Å². The first-order valence-electron chi connectivity index (χ1n) is 21.5. The summed E-state index contributed by atoms with van der Waals surface area (Å²) in [5.41, 5.74) is 0. The van der Waals surface area contributed by atoms with Crippen LogP contribution in [0.1, 0.15) is 166 Å². The van der Waals surface area contributed by atoms with Gasteiger partial charge in [0.2, 0.25) is 5.72 Å². The smallest absolute Gasteiger partial charge is 0.260 e. The van der Waals surface area contributed by atoms with Crippen LogP contribution in [-0.4, -0.2) is 132 Å². The number of aliphatic hydroxyl groups excluding tert-OH is 6. The second kappa shape index (κ2) is 156. The molecule has 0 saturated heterocycles. The van der Waals surface area contributed by atoms with Crippen LogP contribution in [0.4, 0.5) is 0 Å². The molecule has 0 aliphatic carbocycles. The number of benzene rings is 4. The SMILES string of the molecule is C.C.C.C.C.C.C.C.C.C.C.C.CO.CO.CO[Si](c1ccccc1)(c1ccccc1)C(C)(C)C.CO[Si](c1ccccc1)(c1ccccc1)C(C)(C)C.O.O.O.O.S.S.S.S.S.S.S.S.[2H]C.[2H]C.[2H]C.[2H]C.[3H]OC.[3H]OC.[3H]OC.[3H]OC.[U].[U].[U].[U]. The molecule has 0 fully saturated rings. The van der Waals surface area contributed by atoms with Crippen molar-refractivity contribution < 1.29 is 191 Å². The van der Waals surface area contributed by atoms with Gasteiger partial charge in [-0.1, -0.05) is 282 Å². The Labute approximate surface area is 682 Å². The maximum atomic E-state index is 7.00. The summed E-state index contributed by atoms with van der Waals surface area (Å²) in [4.78, 5) is 0. The number of aliphatic hydroxyl groups is 6. The number of rotatable bonds is 6. The van der Waals surface area contributed by atoms with E-state index < -0.39 is 16.6 Å². The van der Waals surface area contributed by atoms with Crippen LogP contribution >= 0.6 is 108 Å². The molecule has 0 heterocycles. The van der Waals surface area contributed by atoms with E-state index in [2.05, 4.69) is 183 Å². The van der Waals surface area contributed by atoms with E-state index in [9.17, 15) is 0 Å². The fourth-order valence-corrected chi connectivity index (χ4v) is 14.8. The molecule has 4 aromatic rings. The van der Waals surface area contributed by atoms with Crippen LogP contribution in [-0.2, 0) is 8.85 Å². The summed E-state index contributed by atoms with van der Waals surface area (Å²) in [5.74, 6) is 0. The van der Waals surface area contributed by atoms with Gasteiger partial charge in [-0.25, -0.2) is 0 Å². The van der Waals surface area contributed by atoms with Crippen molar-refractivity contribution in [3.8, 4) is 0 Å². The van der Waals surface area contributed by atoms with Crippen LogP contribution in [0.2, 0.25) is 10.1 Å². The van der Waals surface area contributed by atoms with Gasteiger partial charge in [0.05, 0.1) is 0 Å². The Kier molecular flexibility index (Phi) is 351. The van der Waals surface area contributed by atoms with Crippen LogP contribution in [0.15, 0.2) is 121 Å². The molecule has 0 saturated carbocycles. The molecule has 0 radical (unpaired) electrons. The molecule has 0 aromatic heterocycles. The second-order valence-electron chi connectivity index (χ2n) is 11.7. The van der Waals surface area contributed by atoms with Crippen LogP contribution in [0.5, 0.6) is 0 Å². The molecular formula is C56H156O12S8Si2U4. The molecule has 0 spiro atoms.